The molecule has 41 heavy (non-hydrogen) atoms. The van der Waals surface area contributed by atoms with Gasteiger partial charge >= 0.3 is 0 Å². The van der Waals surface area contributed by atoms with Gasteiger partial charge in [0.1, 0.15) is 5.82 Å². The van der Waals surface area contributed by atoms with E-state index in [1.165, 1.54) is 0 Å². The fraction of sp³-hybridized carbons (Fsp3) is 0.310. The zero-order valence-corrected chi connectivity index (χ0v) is 23.2. The summed E-state index contributed by atoms with van der Waals surface area (Å²) >= 11 is 0. The van der Waals surface area contributed by atoms with Crippen molar-refractivity contribution in [1.82, 2.24) is 25.4 Å². The minimum atomic E-state index is -0.234. The van der Waals surface area contributed by atoms with Crippen LogP contribution in [0.15, 0.2) is 60.8 Å². The van der Waals surface area contributed by atoms with Crippen molar-refractivity contribution in [1.29, 1.82) is 0 Å². The number of benzene rings is 2. The number of rotatable bonds is 10. The summed E-state index contributed by atoms with van der Waals surface area (Å²) in [6, 6.07) is 17.1. The highest BCUT2D eigenvalue weighted by atomic mass is 16.3. The van der Waals surface area contributed by atoms with Crippen LogP contribution in [0, 0.1) is 0 Å². The predicted octanol–water partition coefficient (Wildman–Crippen LogP) is 2.25. The quantitative estimate of drug-likeness (QED) is 0.186. The number of nitrogens with one attached hydrogen (secondary N) is 4. The molecule has 12 nitrogen and oxygen atoms in total. The minimum Gasteiger partial charge on any atom is -0.395 e. The normalized spacial score (nSPS) is 13.3. The van der Waals surface area contributed by atoms with Gasteiger partial charge in [-0.1, -0.05) is 0 Å². The van der Waals surface area contributed by atoms with Crippen molar-refractivity contribution in [2.45, 2.75) is 0 Å². The molecule has 1 fully saturated rings. The van der Waals surface area contributed by atoms with Crippen LogP contribution in [0.25, 0.3) is 10.9 Å². The molecular weight excluding hydrogens is 522 g/mol. The number of amides is 2. The van der Waals surface area contributed by atoms with E-state index < -0.39 is 0 Å². The smallest absolute Gasteiger partial charge is 0.253 e. The van der Waals surface area contributed by atoms with Gasteiger partial charge in [-0.2, -0.15) is 5.10 Å². The summed E-state index contributed by atoms with van der Waals surface area (Å²) in [5, 5.41) is 26.2. The number of H-pyrrole nitrogens is 1. The van der Waals surface area contributed by atoms with E-state index in [4.69, 9.17) is 10.1 Å². The van der Waals surface area contributed by atoms with Crippen molar-refractivity contribution in [2.75, 3.05) is 80.4 Å². The average Bonchev–Trinajstić information content (AvgIpc) is 3.46. The fourth-order valence-corrected chi connectivity index (χ4v) is 4.71. The SMILES string of the molecule is CN(C)c1ccc(C(=O)N2CCN(c3nc(Nc4ccc5[nH]ncc5c4)ccc3NC(=O)CNCCO)CC2)cc1. The molecule has 0 atom stereocenters. The standard InChI is InChI=1S/C29H35N9O3/c1-36(2)23-6-3-20(4-7-23)29(41)38-14-12-37(13-15-38)28-25(33-27(40)19-30-11-16-39)9-10-26(34-28)32-22-5-8-24-21(17-22)18-31-35-24/h3-10,17-18,30,39H,11-16,19H2,1-2H3,(H,31,35)(H,32,34)(H,33,40). The van der Waals surface area contributed by atoms with E-state index in [0.29, 0.717) is 55.6 Å². The van der Waals surface area contributed by atoms with Crippen molar-refractivity contribution in [3.63, 3.8) is 0 Å². The van der Waals surface area contributed by atoms with E-state index in [0.717, 1.165) is 22.3 Å². The third kappa shape index (κ3) is 6.73. The van der Waals surface area contributed by atoms with Gasteiger partial charge in [-0.25, -0.2) is 4.98 Å². The van der Waals surface area contributed by atoms with Crippen LogP contribution in [0.4, 0.5) is 28.7 Å². The van der Waals surface area contributed by atoms with E-state index >= 15 is 0 Å². The first kappa shape index (κ1) is 27.9. The number of carbonyl (C=O) groups is 2. The number of fused-ring (bicyclic) bond motifs is 1. The number of aromatic amines is 1. The number of piperazine rings is 1. The first-order valence-electron chi connectivity index (χ1n) is 13.6. The lowest BCUT2D eigenvalue weighted by Crippen LogP contribution is -2.49. The van der Waals surface area contributed by atoms with Gasteiger partial charge in [-0.3, -0.25) is 14.7 Å². The zero-order valence-electron chi connectivity index (χ0n) is 23.2. The molecular formula is C29H35N9O3. The topological polar surface area (TPSA) is 142 Å². The number of aromatic nitrogens is 3. The highest BCUT2D eigenvalue weighted by Gasteiger charge is 2.25. The van der Waals surface area contributed by atoms with E-state index in [1.807, 2.05) is 78.5 Å². The second kappa shape index (κ2) is 12.7. The van der Waals surface area contributed by atoms with Crippen LogP contribution in [-0.2, 0) is 4.79 Å². The summed E-state index contributed by atoms with van der Waals surface area (Å²) in [7, 11) is 3.93. The summed E-state index contributed by atoms with van der Waals surface area (Å²) in [6.45, 7) is 2.52. The number of pyridine rings is 1. The molecule has 5 rings (SSSR count). The summed E-state index contributed by atoms with van der Waals surface area (Å²) in [5.74, 6) is 1.01. The Kier molecular flexibility index (Phi) is 8.61. The Bertz CT molecular complexity index is 1500. The molecule has 2 aromatic carbocycles. The summed E-state index contributed by atoms with van der Waals surface area (Å²) < 4.78 is 0. The summed E-state index contributed by atoms with van der Waals surface area (Å²) in [5.41, 5.74) is 4.08. The Hall–Kier alpha value is -4.68. The number of hydrogen-bond donors (Lipinski definition) is 5. The second-order valence-electron chi connectivity index (χ2n) is 10.0. The van der Waals surface area contributed by atoms with Crippen molar-refractivity contribution in [3.8, 4) is 0 Å². The van der Waals surface area contributed by atoms with Crippen LogP contribution < -0.4 is 25.8 Å². The Morgan fingerprint density at radius 1 is 1.02 bits per heavy atom. The molecule has 1 saturated heterocycles. The van der Waals surface area contributed by atoms with Gasteiger partial charge in [0.2, 0.25) is 5.91 Å². The van der Waals surface area contributed by atoms with Crippen LogP contribution in [0.1, 0.15) is 10.4 Å². The number of hydrogen-bond acceptors (Lipinski definition) is 9. The molecule has 12 heteroatoms. The van der Waals surface area contributed by atoms with Crippen molar-refractivity contribution >= 4 is 51.4 Å². The Labute approximate surface area is 238 Å². The lowest BCUT2D eigenvalue weighted by atomic mass is 10.1. The molecule has 2 aromatic heterocycles. The largest absolute Gasteiger partial charge is 0.395 e. The molecule has 1 aliphatic heterocycles. The Balaban J connectivity index is 1.32. The summed E-state index contributed by atoms with van der Waals surface area (Å²) in [6.07, 6.45) is 1.76. The van der Waals surface area contributed by atoms with Crippen molar-refractivity contribution in [3.05, 3.63) is 66.4 Å². The highest BCUT2D eigenvalue weighted by molar-refractivity contribution is 5.96. The van der Waals surface area contributed by atoms with Crippen molar-refractivity contribution < 1.29 is 14.7 Å². The average molecular weight is 558 g/mol. The van der Waals surface area contributed by atoms with Gasteiger partial charge in [0, 0.05) is 69.1 Å². The number of aliphatic hydroxyl groups is 1. The Morgan fingerprint density at radius 3 is 2.54 bits per heavy atom. The van der Waals surface area contributed by atoms with E-state index in [-0.39, 0.29) is 25.0 Å². The maximum atomic E-state index is 13.2. The van der Waals surface area contributed by atoms with Crippen molar-refractivity contribution in [2.24, 2.45) is 0 Å². The highest BCUT2D eigenvalue weighted by Crippen LogP contribution is 2.29. The van der Waals surface area contributed by atoms with E-state index in [9.17, 15) is 9.59 Å². The third-order valence-electron chi connectivity index (χ3n) is 6.93. The van der Waals surface area contributed by atoms with Gasteiger partial charge < -0.3 is 35.8 Å². The molecule has 0 bridgehead atoms. The number of carbonyl (C=O) groups excluding carboxylic acids is 2. The lowest BCUT2D eigenvalue weighted by molar-refractivity contribution is -0.115. The van der Waals surface area contributed by atoms with Gasteiger partial charge in [-0.15, -0.1) is 0 Å². The molecule has 0 radical (unpaired) electrons. The maximum absolute atomic E-state index is 13.2. The van der Waals surface area contributed by atoms with Crippen LogP contribution in [0.3, 0.4) is 0 Å². The monoisotopic (exact) mass is 557 g/mol. The molecule has 1 aliphatic rings. The van der Waals surface area contributed by atoms with Gasteiger partial charge in [0.05, 0.1) is 30.6 Å². The molecule has 0 saturated carbocycles. The molecule has 4 aromatic rings. The van der Waals surface area contributed by atoms with Gasteiger partial charge in [-0.05, 0) is 54.6 Å². The molecule has 2 amide bonds. The molecule has 3 heterocycles. The Morgan fingerprint density at radius 2 is 1.80 bits per heavy atom. The molecule has 0 aliphatic carbocycles. The zero-order chi connectivity index (χ0) is 28.8. The number of aliphatic hydroxyl groups excluding tert-OH is 1. The predicted molar refractivity (Wildman–Crippen MR) is 161 cm³/mol. The van der Waals surface area contributed by atoms with E-state index in [2.05, 4.69) is 31.0 Å². The fourth-order valence-electron chi connectivity index (χ4n) is 4.71. The third-order valence-corrected chi connectivity index (χ3v) is 6.93. The van der Waals surface area contributed by atoms with Crippen LogP contribution in [0.2, 0.25) is 0 Å². The van der Waals surface area contributed by atoms with Gasteiger partial charge in [0.25, 0.3) is 5.91 Å². The minimum absolute atomic E-state index is 0.00328. The van der Waals surface area contributed by atoms with Crippen LogP contribution in [-0.4, -0.2) is 97.0 Å². The van der Waals surface area contributed by atoms with E-state index in [1.54, 1.807) is 6.20 Å². The number of anilines is 5. The lowest BCUT2D eigenvalue weighted by Gasteiger charge is -2.36. The first-order chi connectivity index (χ1) is 19.9. The molecule has 0 unspecified atom stereocenters. The summed E-state index contributed by atoms with van der Waals surface area (Å²) in [4.78, 5) is 36.6. The van der Waals surface area contributed by atoms with Gasteiger partial charge in [0.15, 0.2) is 5.82 Å². The van der Waals surface area contributed by atoms with Crippen LogP contribution in [0.5, 0.6) is 0 Å². The maximum Gasteiger partial charge on any atom is 0.253 e. The molecule has 0 spiro atoms. The number of nitrogens with zero attached hydrogens (tertiary/aromatic N) is 5. The second-order valence-corrected chi connectivity index (χ2v) is 10.0. The molecule has 214 valence electrons. The van der Waals surface area contributed by atoms with Crippen LogP contribution >= 0.6 is 0 Å². The molecule has 5 N–H and O–H groups in total. The first-order valence-corrected chi connectivity index (χ1v) is 13.6.